The molecule has 0 aliphatic carbocycles. The van der Waals surface area contributed by atoms with Gasteiger partial charge < -0.3 is 15.0 Å². The van der Waals surface area contributed by atoms with Gasteiger partial charge in [0.1, 0.15) is 18.3 Å². The number of amides is 2. The number of anilines is 1. The maximum absolute atomic E-state index is 14.1. The van der Waals surface area contributed by atoms with Crippen molar-refractivity contribution in [1.82, 2.24) is 10.2 Å². The van der Waals surface area contributed by atoms with E-state index in [1.807, 2.05) is 13.8 Å². The van der Waals surface area contributed by atoms with Crippen LogP contribution in [0.15, 0.2) is 71.6 Å². The largest absolute Gasteiger partial charge is 0.497 e. The Bertz CT molecular complexity index is 1450. The van der Waals surface area contributed by atoms with Crippen molar-refractivity contribution in [2.75, 3.05) is 24.5 Å². The maximum atomic E-state index is 14.1. The van der Waals surface area contributed by atoms with E-state index in [0.29, 0.717) is 18.7 Å². The molecule has 1 atom stereocenters. The van der Waals surface area contributed by atoms with Crippen LogP contribution in [0.1, 0.15) is 37.8 Å². The fourth-order valence-electron chi connectivity index (χ4n) is 4.24. The lowest BCUT2D eigenvalue weighted by Gasteiger charge is -2.33. The smallest absolute Gasteiger partial charge is 0.264 e. The van der Waals surface area contributed by atoms with Crippen LogP contribution in [0.3, 0.4) is 0 Å². The van der Waals surface area contributed by atoms with E-state index < -0.39 is 28.5 Å². The van der Waals surface area contributed by atoms with Gasteiger partial charge in [-0.25, -0.2) is 8.42 Å². The number of halogens is 2. The lowest BCUT2D eigenvalue weighted by Crippen LogP contribution is -2.52. The first-order valence-electron chi connectivity index (χ1n) is 13.3. The second-order valence-electron chi connectivity index (χ2n) is 9.51. The van der Waals surface area contributed by atoms with Gasteiger partial charge >= 0.3 is 0 Å². The third kappa shape index (κ3) is 8.15. The van der Waals surface area contributed by atoms with E-state index in [9.17, 15) is 18.0 Å². The number of hydrogen-bond acceptors (Lipinski definition) is 5. The predicted molar refractivity (Wildman–Crippen MR) is 163 cm³/mol. The Morgan fingerprint density at radius 2 is 1.63 bits per heavy atom. The molecule has 0 radical (unpaired) electrons. The summed E-state index contributed by atoms with van der Waals surface area (Å²) in [5, 5.41) is 3.22. The van der Waals surface area contributed by atoms with Crippen LogP contribution in [0.2, 0.25) is 10.0 Å². The summed E-state index contributed by atoms with van der Waals surface area (Å²) in [4.78, 5) is 28.7. The number of carbonyl (C=O) groups is 2. The van der Waals surface area contributed by atoms with Crippen LogP contribution < -0.4 is 14.4 Å². The summed E-state index contributed by atoms with van der Waals surface area (Å²) in [6.07, 6.45) is 1.05. The molecule has 0 fully saturated rings. The molecule has 1 N–H and O–H groups in total. The number of sulfonamides is 1. The summed E-state index contributed by atoms with van der Waals surface area (Å²) in [7, 11) is -2.71. The molecule has 0 aliphatic rings. The van der Waals surface area contributed by atoms with Gasteiger partial charge in [-0.1, -0.05) is 66.9 Å². The minimum absolute atomic E-state index is 0.0126. The highest BCUT2D eigenvalue weighted by molar-refractivity contribution is 7.92. The number of ether oxygens (including phenoxy) is 1. The zero-order chi connectivity index (χ0) is 30.2. The van der Waals surface area contributed by atoms with Crippen molar-refractivity contribution in [2.24, 2.45) is 0 Å². The highest BCUT2D eigenvalue weighted by Crippen LogP contribution is 2.33. The number of rotatable bonds is 13. The van der Waals surface area contributed by atoms with E-state index in [4.69, 9.17) is 27.9 Å². The molecular formula is C30H35Cl2N3O5S. The summed E-state index contributed by atoms with van der Waals surface area (Å²) in [6.45, 7) is 5.50. The quantitative estimate of drug-likeness (QED) is 0.259. The van der Waals surface area contributed by atoms with E-state index in [1.165, 1.54) is 35.2 Å². The molecule has 2 amide bonds. The molecule has 41 heavy (non-hydrogen) atoms. The van der Waals surface area contributed by atoms with Crippen LogP contribution in [-0.4, -0.2) is 51.4 Å². The molecule has 3 aromatic rings. The van der Waals surface area contributed by atoms with Gasteiger partial charge in [-0.05, 0) is 67.8 Å². The van der Waals surface area contributed by atoms with Gasteiger partial charge in [-0.2, -0.15) is 0 Å². The minimum Gasteiger partial charge on any atom is -0.497 e. The van der Waals surface area contributed by atoms with Crippen LogP contribution in [-0.2, 0) is 26.2 Å². The van der Waals surface area contributed by atoms with Crippen LogP contribution >= 0.6 is 23.2 Å². The number of aryl methyl sites for hydroxylation is 1. The Morgan fingerprint density at radius 1 is 0.976 bits per heavy atom. The zero-order valence-corrected chi connectivity index (χ0v) is 25.9. The molecule has 0 aliphatic heterocycles. The molecule has 0 saturated carbocycles. The Labute approximate surface area is 252 Å². The molecule has 0 saturated heterocycles. The second kappa shape index (κ2) is 14.6. The average molecular weight is 621 g/mol. The van der Waals surface area contributed by atoms with Crippen molar-refractivity contribution >= 4 is 50.7 Å². The second-order valence-corrected chi connectivity index (χ2v) is 12.2. The Kier molecular flexibility index (Phi) is 11.5. The zero-order valence-electron chi connectivity index (χ0n) is 23.6. The Morgan fingerprint density at radius 3 is 2.22 bits per heavy atom. The first-order chi connectivity index (χ1) is 19.5. The van der Waals surface area contributed by atoms with Crippen molar-refractivity contribution in [3.05, 3.63) is 87.9 Å². The first-order valence-corrected chi connectivity index (χ1v) is 15.5. The maximum Gasteiger partial charge on any atom is 0.264 e. The molecule has 3 rings (SSSR count). The highest BCUT2D eigenvalue weighted by Gasteiger charge is 2.34. The average Bonchev–Trinajstić information content (AvgIpc) is 2.96. The summed E-state index contributed by atoms with van der Waals surface area (Å²) < 4.78 is 34.1. The van der Waals surface area contributed by atoms with E-state index in [1.54, 1.807) is 50.4 Å². The fraction of sp³-hybridized carbons (Fsp3) is 0.333. The van der Waals surface area contributed by atoms with Gasteiger partial charge in [0.05, 0.1) is 22.7 Å². The molecule has 0 aromatic heterocycles. The number of methoxy groups -OCH3 is 1. The molecule has 220 valence electrons. The summed E-state index contributed by atoms with van der Waals surface area (Å²) in [5.74, 6) is -0.249. The monoisotopic (exact) mass is 619 g/mol. The molecule has 1 unspecified atom stereocenters. The molecule has 0 spiro atoms. The van der Waals surface area contributed by atoms with Crippen LogP contribution in [0.5, 0.6) is 5.75 Å². The van der Waals surface area contributed by atoms with E-state index in [-0.39, 0.29) is 33.1 Å². The van der Waals surface area contributed by atoms with Gasteiger partial charge in [-0.3, -0.25) is 13.9 Å². The third-order valence-electron chi connectivity index (χ3n) is 6.51. The number of benzene rings is 3. The lowest BCUT2D eigenvalue weighted by atomic mass is 10.1. The van der Waals surface area contributed by atoms with Crippen molar-refractivity contribution < 1.29 is 22.7 Å². The third-order valence-corrected chi connectivity index (χ3v) is 8.84. The van der Waals surface area contributed by atoms with Crippen LogP contribution in [0.25, 0.3) is 0 Å². The normalized spacial score (nSPS) is 12.0. The van der Waals surface area contributed by atoms with Crippen molar-refractivity contribution in [3.63, 3.8) is 0 Å². The van der Waals surface area contributed by atoms with Gasteiger partial charge in [0, 0.05) is 18.1 Å². The van der Waals surface area contributed by atoms with Gasteiger partial charge in [0.2, 0.25) is 11.8 Å². The SMILES string of the molecule is CCCNC(=O)C(CC)N(Cc1ccc(OC)cc1)C(=O)CN(c1cc(Cl)ccc1Cl)S(=O)(=O)c1ccc(C)cc1. The predicted octanol–water partition coefficient (Wildman–Crippen LogP) is 5.84. The molecular weight excluding hydrogens is 585 g/mol. The van der Waals surface area contributed by atoms with Gasteiger partial charge in [-0.15, -0.1) is 0 Å². The van der Waals surface area contributed by atoms with Crippen molar-refractivity contribution in [1.29, 1.82) is 0 Å². The van der Waals surface area contributed by atoms with Crippen molar-refractivity contribution in [2.45, 2.75) is 51.1 Å². The molecule has 8 nitrogen and oxygen atoms in total. The fourth-order valence-corrected chi connectivity index (χ4v) is 6.10. The molecule has 0 heterocycles. The highest BCUT2D eigenvalue weighted by atomic mass is 35.5. The topological polar surface area (TPSA) is 96.0 Å². The number of nitrogens with one attached hydrogen (secondary N) is 1. The van der Waals surface area contributed by atoms with Crippen LogP contribution in [0, 0.1) is 6.92 Å². The summed E-state index contributed by atoms with van der Waals surface area (Å²) >= 11 is 12.7. The summed E-state index contributed by atoms with van der Waals surface area (Å²) in [6, 6.07) is 17.0. The van der Waals surface area contributed by atoms with E-state index in [0.717, 1.165) is 21.9 Å². The number of nitrogens with zero attached hydrogens (tertiary/aromatic N) is 2. The van der Waals surface area contributed by atoms with Crippen molar-refractivity contribution in [3.8, 4) is 5.75 Å². The molecule has 11 heteroatoms. The van der Waals surface area contributed by atoms with Gasteiger partial charge in [0.25, 0.3) is 10.0 Å². The van der Waals surface area contributed by atoms with E-state index in [2.05, 4.69) is 5.32 Å². The van der Waals surface area contributed by atoms with E-state index >= 15 is 0 Å². The summed E-state index contributed by atoms with van der Waals surface area (Å²) in [5.41, 5.74) is 1.68. The van der Waals surface area contributed by atoms with Crippen LogP contribution in [0.4, 0.5) is 5.69 Å². The lowest BCUT2D eigenvalue weighted by molar-refractivity contribution is -0.140. The Hall–Kier alpha value is -3.27. The minimum atomic E-state index is -4.26. The molecule has 3 aromatic carbocycles. The standard InChI is InChI=1S/C30H35Cl2N3O5S/c1-5-17-33-30(37)27(6-2)34(19-22-9-12-24(40-4)13-10-22)29(36)20-35(28-18-23(31)11-16-26(28)32)41(38,39)25-14-7-21(3)8-15-25/h7-16,18,27H,5-6,17,19-20H2,1-4H3,(H,33,37). The number of carbonyl (C=O) groups excluding carboxylic acids is 2. The van der Waals surface area contributed by atoms with Gasteiger partial charge in [0.15, 0.2) is 0 Å². The molecule has 0 bridgehead atoms. The Balaban J connectivity index is 2.08. The first kappa shape index (κ1) is 32.2. The number of hydrogen-bond donors (Lipinski definition) is 1.